The van der Waals surface area contributed by atoms with Crippen LogP contribution in [0.25, 0.3) is 105 Å². The lowest BCUT2D eigenvalue weighted by Crippen LogP contribution is -2.10. The molecule has 0 radical (unpaired) electrons. The lowest BCUT2D eigenvalue weighted by molar-refractivity contribution is 0.666. The van der Waals surface area contributed by atoms with Crippen molar-refractivity contribution in [2.45, 2.75) is 0 Å². The second kappa shape index (κ2) is 16.0. The number of fused-ring (bicyclic) bond motifs is 7. The summed E-state index contributed by atoms with van der Waals surface area (Å²) >= 11 is 0. The molecule has 0 saturated carbocycles. The maximum Gasteiger partial charge on any atom is 0.159 e. The summed E-state index contributed by atoms with van der Waals surface area (Å²) in [5, 5.41) is 7.16. The van der Waals surface area contributed by atoms with Crippen LogP contribution in [0.5, 0.6) is 0 Å². The van der Waals surface area contributed by atoms with Gasteiger partial charge in [-0.1, -0.05) is 194 Å². The van der Waals surface area contributed by atoms with Crippen molar-refractivity contribution in [3.63, 3.8) is 0 Å². The zero-order valence-corrected chi connectivity index (χ0v) is 36.6. The molecule has 0 amide bonds. The van der Waals surface area contributed by atoms with Crippen LogP contribution in [0.4, 0.5) is 17.1 Å². The number of nitrogens with zero attached hydrogens (tertiary/aromatic N) is 2. The van der Waals surface area contributed by atoms with E-state index in [-0.39, 0.29) is 0 Å². The minimum Gasteiger partial charge on any atom is -0.454 e. The zero-order chi connectivity index (χ0) is 44.3. The van der Waals surface area contributed by atoms with E-state index in [2.05, 4.69) is 258 Å². The molecule has 13 rings (SSSR count). The van der Waals surface area contributed by atoms with Crippen molar-refractivity contribution in [1.29, 1.82) is 0 Å². The SMILES string of the molecule is c1ccc(-c2ccc(N(c3ccc(-c4ccc(-c5cccc6ccccc56)cc4)cc3)c3cccc(-c4cccc5c4c4ccccc4n5-c4cccc5c4oc4ccccc45)c3)cc2)cc1. The summed E-state index contributed by atoms with van der Waals surface area (Å²) in [5.74, 6) is 0. The Morgan fingerprint density at radius 1 is 0.313 bits per heavy atom. The second-order valence-electron chi connectivity index (χ2n) is 17.3. The van der Waals surface area contributed by atoms with E-state index in [0.717, 1.165) is 61.3 Å². The van der Waals surface area contributed by atoms with Gasteiger partial charge in [0.25, 0.3) is 0 Å². The second-order valence-corrected chi connectivity index (χ2v) is 17.3. The van der Waals surface area contributed by atoms with Crippen molar-refractivity contribution in [3.05, 3.63) is 255 Å². The summed E-state index contributed by atoms with van der Waals surface area (Å²) in [6.07, 6.45) is 0. The molecular weight excluding hydrogens is 813 g/mol. The lowest BCUT2D eigenvalue weighted by Gasteiger charge is -2.26. The quantitative estimate of drug-likeness (QED) is 0.152. The highest BCUT2D eigenvalue weighted by atomic mass is 16.3. The first-order valence-corrected chi connectivity index (χ1v) is 22.9. The summed E-state index contributed by atoms with van der Waals surface area (Å²) in [6.45, 7) is 0. The normalized spacial score (nSPS) is 11.6. The first-order valence-electron chi connectivity index (χ1n) is 22.9. The topological polar surface area (TPSA) is 21.3 Å². The molecule has 2 heterocycles. The number of aromatic nitrogens is 1. The molecule has 0 aliphatic carbocycles. The lowest BCUT2D eigenvalue weighted by atomic mass is 9.96. The van der Waals surface area contributed by atoms with Gasteiger partial charge in [0, 0.05) is 38.6 Å². The van der Waals surface area contributed by atoms with Crippen LogP contribution in [0.15, 0.2) is 259 Å². The maximum absolute atomic E-state index is 6.62. The predicted molar refractivity (Wildman–Crippen MR) is 282 cm³/mol. The molecule has 0 spiro atoms. The standard InChI is InChI=1S/C64H42N2O/c1-2-14-43(15-3-1)45-34-38-50(39-35-45)65(51-40-36-46(37-41-51)44-30-32-48(33-31-44)54-23-11-17-47-16-4-5-20-53(47)54)52-19-10-18-49(42-52)55-24-12-27-60-63(55)58-22-6-8-26-59(58)66(60)61-28-13-25-57-56-21-7-9-29-62(56)67-64(57)61/h1-42H. The molecule has 0 fully saturated rings. The van der Waals surface area contributed by atoms with Crippen LogP contribution in [-0.4, -0.2) is 4.57 Å². The Hall–Kier alpha value is -8.92. The average Bonchev–Trinajstić information content (AvgIpc) is 3.96. The summed E-state index contributed by atoms with van der Waals surface area (Å²) in [7, 11) is 0. The first kappa shape index (κ1) is 38.5. The molecule has 0 unspecified atom stereocenters. The Kier molecular flexibility index (Phi) is 9.17. The van der Waals surface area contributed by atoms with Crippen molar-refractivity contribution in [1.82, 2.24) is 4.57 Å². The number of hydrogen-bond acceptors (Lipinski definition) is 2. The Bertz CT molecular complexity index is 3950. The molecule has 0 bridgehead atoms. The van der Waals surface area contributed by atoms with E-state index in [1.54, 1.807) is 0 Å². The molecule has 0 aliphatic rings. The predicted octanol–water partition coefficient (Wildman–Crippen LogP) is 18.0. The number of rotatable bonds is 8. The Morgan fingerprint density at radius 2 is 0.836 bits per heavy atom. The zero-order valence-electron chi connectivity index (χ0n) is 36.6. The van der Waals surface area contributed by atoms with Crippen LogP contribution in [-0.2, 0) is 0 Å². The van der Waals surface area contributed by atoms with Crippen LogP contribution < -0.4 is 4.90 Å². The van der Waals surface area contributed by atoms with Crippen LogP contribution in [0.1, 0.15) is 0 Å². The van der Waals surface area contributed by atoms with Crippen LogP contribution in [0, 0.1) is 0 Å². The number of anilines is 3. The number of hydrogen-bond donors (Lipinski definition) is 0. The fourth-order valence-electron chi connectivity index (χ4n) is 10.2. The van der Waals surface area contributed by atoms with E-state index in [0.29, 0.717) is 0 Å². The van der Waals surface area contributed by atoms with Gasteiger partial charge in [0.2, 0.25) is 0 Å². The summed E-state index contributed by atoms with van der Waals surface area (Å²) < 4.78 is 9.00. The van der Waals surface area contributed by atoms with Crippen LogP contribution in [0.3, 0.4) is 0 Å². The molecule has 3 nitrogen and oxygen atoms in total. The van der Waals surface area contributed by atoms with Gasteiger partial charge in [0.15, 0.2) is 5.58 Å². The largest absolute Gasteiger partial charge is 0.454 e. The van der Waals surface area contributed by atoms with Gasteiger partial charge >= 0.3 is 0 Å². The highest BCUT2D eigenvalue weighted by Gasteiger charge is 2.21. The first-order chi connectivity index (χ1) is 33.2. The van der Waals surface area contributed by atoms with Gasteiger partial charge in [0.1, 0.15) is 5.58 Å². The fourth-order valence-corrected chi connectivity index (χ4v) is 10.2. The van der Waals surface area contributed by atoms with Gasteiger partial charge in [0.05, 0.1) is 16.7 Å². The van der Waals surface area contributed by atoms with Crippen molar-refractivity contribution in [2.75, 3.05) is 4.90 Å². The van der Waals surface area contributed by atoms with Crippen molar-refractivity contribution < 1.29 is 4.42 Å². The molecule has 11 aromatic carbocycles. The van der Waals surface area contributed by atoms with Crippen LogP contribution in [0.2, 0.25) is 0 Å². The van der Waals surface area contributed by atoms with Gasteiger partial charge in [-0.25, -0.2) is 0 Å². The number of furan rings is 1. The molecule has 67 heavy (non-hydrogen) atoms. The van der Waals surface area contributed by atoms with Gasteiger partial charge < -0.3 is 13.9 Å². The Labute approximate surface area is 388 Å². The monoisotopic (exact) mass is 854 g/mol. The number of para-hydroxylation sites is 3. The molecule has 314 valence electrons. The third kappa shape index (κ3) is 6.59. The van der Waals surface area contributed by atoms with Gasteiger partial charge in [-0.3, -0.25) is 0 Å². The summed E-state index contributed by atoms with van der Waals surface area (Å²) in [4.78, 5) is 2.37. The molecule has 2 aromatic heterocycles. The molecule has 0 N–H and O–H groups in total. The van der Waals surface area contributed by atoms with Crippen molar-refractivity contribution >= 4 is 71.6 Å². The molecule has 0 atom stereocenters. The third-order valence-corrected chi connectivity index (χ3v) is 13.4. The van der Waals surface area contributed by atoms with Gasteiger partial charge in [-0.2, -0.15) is 0 Å². The Balaban J connectivity index is 0.916. The summed E-state index contributed by atoms with van der Waals surface area (Å²) in [5.41, 5.74) is 17.8. The average molecular weight is 855 g/mol. The van der Waals surface area contributed by atoms with Crippen molar-refractivity contribution in [2.24, 2.45) is 0 Å². The van der Waals surface area contributed by atoms with Gasteiger partial charge in [-0.05, 0) is 116 Å². The molecule has 13 aromatic rings. The third-order valence-electron chi connectivity index (χ3n) is 13.4. The molecule has 0 saturated heterocycles. The smallest absolute Gasteiger partial charge is 0.159 e. The van der Waals surface area contributed by atoms with Crippen LogP contribution >= 0.6 is 0 Å². The van der Waals surface area contributed by atoms with E-state index in [4.69, 9.17) is 4.42 Å². The molecular formula is C64H42N2O. The highest BCUT2D eigenvalue weighted by Crippen LogP contribution is 2.44. The van der Waals surface area contributed by atoms with E-state index in [1.165, 1.54) is 60.5 Å². The van der Waals surface area contributed by atoms with E-state index in [1.807, 2.05) is 6.07 Å². The fraction of sp³-hybridized carbons (Fsp3) is 0. The summed E-state index contributed by atoms with van der Waals surface area (Å²) in [6, 6.07) is 91.8. The van der Waals surface area contributed by atoms with Gasteiger partial charge in [-0.15, -0.1) is 0 Å². The minimum absolute atomic E-state index is 0.886. The molecule has 0 aliphatic heterocycles. The maximum atomic E-state index is 6.62. The van der Waals surface area contributed by atoms with E-state index in [9.17, 15) is 0 Å². The molecule has 3 heteroatoms. The highest BCUT2D eigenvalue weighted by molar-refractivity contribution is 6.17. The van der Waals surface area contributed by atoms with E-state index < -0.39 is 0 Å². The van der Waals surface area contributed by atoms with E-state index >= 15 is 0 Å². The Morgan fingerprint density at radius 3 is 1.61 bits per heavy atom. The number of benzene rings is 11. The minimum atomic E-state index is 0.886. The van der Waals surface area contributed by atoms with Crippen molar-refractivity contribution in [3.8, 4) is 50.2 Å².